The van der Waals surface area contributed by atoms with Gasteiger partial charge in [-0.2, -0.15) is 0 Å². The SMILES string of the molecule is CCc1ccc(-c2ccc(C(=O)N3CCC[C@@H]3CO)o2)cc1. The summed E-state index contributed by atoms with van der Waals surface area (Å²) < 4.78 is 5.74. The first-order valence-electron chi connectivity index (χ1n) is 7.84. The Morgan fingerprint density at radius 1 is 1.27 bits per heavy atom. The number of aliphatic hydroxyl groups excluding tert-OH is 1. The quantitative estimate of drug-likeness (QED) is 0.944. The largest absolute Gasteiger partial charge is 0.451 e. The Hall–Kier alpha value is -2.07. The first-order valence-corrected chi connectivity index (χ1v) is 7.84. The van der Waals surface area contributed by atoms with Crippen molar-refractivity contribution in [2.24, 2.45) is 0 Å². The predicted molar refractivity (Wildman–Crippen MR) is 84.7 cm³/mol. The number of hydrogen-bond acceptors (Lipinski definition) is 3. The summed E-state index contributed by atoms with van der Waals surface area (Å²) >= 11 is 0. The van der Waals surface area contributed by atoms with Gasteiger partial charge in [0.15, 0.2) is 5.76 Å². The average Bonchev–Trinajstić information content (AvgIpc) is 3.23. The Labute approximate surface area is 130 Å². The van der Waals surface area contributed by atoms with E-state index in [9.17, 15) is 9.90 Å². The van der Waals surface area contributed by atoms with Gasteiger partial charge in [0.05, 0.1) is 12.6 Å². The Kier molecular flexibility index (Phi) is 4.29. The summed E-state index contributed by atoms with van der Waals surface area (Å²) in [5.41, 5.74) is 2.24. The van der Waals surface area contributed by atoms with E-state index in [-0.39, 0.29) is 18.6 Å². The molecule has 2 aromatic rings. The fraction of sp³-hybridized carbons (Fsp3) is 0.389. The van der Waals surface area contributed by atoms with Gasteiger partial charge in [-0.15, -0.1) is 0 Å². The second-order valence-electron chi connectivity index (χ2n) is 5.69. The maximum absolute atomic E-state index is 12.5. The summed E-state index contributed by atoms with van der Waals surface area (Å²) in [6.45, 7) is 2.81. The molecule has 3 rings (SSSR count). The molecule has 0 spiro atoms. The molecule has 22 heavy (non-hydrogen) atoms. The maximum Gasteiger partial charge on any atom is 0.289 e. The topological polar surface area (TPSA) is 53.7 Å². The first kappa shape index (κ1) is 14.9. The molecule has 4 heteroatoms. The van der Waals surface area contributed by atoms with Gasteiger partial charge in [-0.1, -0.05) is 31.2 Å². The number of benzene rings is 1. The fourth-order valence-corrected chi connectivity index (χ4v) is 2.95. The minimum absolute atomic E-state index is 0.0117. The van der Waals surface area contributed by atoms with Crippen LogP contribution in [0.15, 0.2) is 40.8 Å². The number of aliphatic hydroxyl groups is 1. The highest BCUT2D eigenvalue weighted by Gasteiger charge is 2.30. The number of furan rings is 1. The zero-order valence-corrected chi connectivity index (χ0v) is 12.8. The predicted octanol–water partition coefficient (Wildman–Crippen LogP) is 3.11. The molecule has 1 aromatic heterocycles. The zero-order chi connectivity index (χ0) is 15.5. The summed E-state index contributed by atoms with van der Waals surface area (Å²) in [5.74, 6) is 0.911. The summed E-state index contributed by atoms with van der Waals surface area (Å²) in [6.07, 6.45) is 2.79. The standard InChI is InChI=1S/C18H21NO3/c1-2-13-5-7-14(8-6-13)16-9-10-17(22-16)18(21)19-11-3-4-15(19)12-20/h5-10,15,20H,2-4,11-12H2,1H3/t15-/m1/s1. The molecule has 1 aromatic carbocycles. The second kappa shape index (κ2) is 6.36. The van der Waals surface area contributed by atoms with Gasteiger partial charge in [0, 0.05) is 12.1 Å². The van der Waals surface area contributed by atoms with E-state index in [2.05, 4.69) is 19.1 Å². The maximum atomic E-state index is 12.5. The van der Waals surface area contributed by atoms with Crippen LogP contribution < -0.4 is 0 Å². The molecule has 4 nitrogen and oxygen atoms in total. The fourth-order valence-electron chi connectivity index (χ4n) is 2.95. The van der Waals surface area contributed by atoms with E-state index in [0.717, 1.165) is 24.8 Å². The molecule has 116 valence electrons. The molecule has 1 fully saturated rings. The van der Waals surface area contributed by atoms with Crippen LogP contribution in [-0.2, 0) is 6.42 Å². The molecular weight excluding hydrogens is 278 g/mol. The van der Waals surface area contributed by atoms with E-state index in [1.54, 1.807) is 11.0 Å². The number of rotatable bonds is 4. The van der Waals surface area contributed by atoms with Crippen molar-refractivity contribution < 1.29 is 14.3 Å². The Bertz CT molecular complexity index is 645. The van der Waals surface area contributed by atoms with Crippen LogP contribution in [0.2, 0.25) is 0 Å². The van der Waals surface area contributed by atoms with Crippen LogP contribution in [0, 0.1) is 0 Å². The van der Waals surface area contributed by atoms with E-state index in [1.807, 2.05) is 18.2 Å². The van der Waals surface area contributed by atoms with Crippen LogP contribution in [0.25, 0.3) is 11.3 Å². The second-order valence-corrected chi connectivity index (χ2v) is 5.69. The summed E-state index contributed by atoms with van der Waals surface area (Å²) in [5, 5.41) is 9.34. The Morgan fingerprint density at radius 3 is 2.73 bits per heavy atom. The van der Waals surface area contributed by atoms with Gasteiger partial charge in [0.2, 0.25) is 0 Å². The van der Waals surface area contributed by atoms with Crippen LogP contribution in [-0.4, -0.2) is 35.1 Å². The Balaban J connectivity index is 1.79. The van der Waals surface area contributed by atoms with E-state index in [1.165, 1.54) is 5.56 Å². The molecule has 1 aliphatic rings. The number of amides is 1. The van der Waals surface area contributed by atoms with E-state index >= 15 is 0 Å². The van der Waals surface area contributed by atoms with Crippen molar-refractivity contribution in [1.29, 1.82) is 0 Å². The number of nitrogens with zero attached hydrogens (tertiary/aromatic N) is 1. The van der Waals surface area contributed by atoms with Gasteiger partial charge in [-0.05, 0) is 37.0 Å². The molecule has 0 radical (unpaired) electrons. The third kappa shape index (κ3) is 2.79. The zero-order valence-electron chi connectivity index (χ0n) is 12.8. The van der Waals surface area contributed by atoms with Crippen LogP contribution in [0.5, 0.6) is 0 Å². The van der Waals surface area contributed by atoms with Gasteiger partial charge in [-0.3, -0.25) is 4.79 Å². The normalized spacial score (nSPS) is 17.9. The molecule has 1 aliphatic heterocycles. The van der Waals surface area contributed by atoms with Crippen LogP contribution in [0.1, 0.15) is 35.9 Å². The lowest BCUT2D eigenvalue weighted by molar-refractivity contribution is 0.0647. The van der Waals surface area contributed by atoms with Crippen molar-refractivity contribution in [3.63, 3.8) is 0 Å². The number of carbonyl (C=O) groups is 1. The molecular formula is C18H21NO3. The van der Waals surface area contributed by atoms with E-state index in [0.29, 0.717) is 18.1 Å². The molecule has 0 saturated carbocycles. The molecule has 0 aliphatic carbocycles. The third-order valence-electron chi connectivity index (χ3n) is 4.31. The van der Waals surface area contributed by atoms with Gasteiger partial charge < -0.3 is 14.4 Å². The highest BCUT2D eigenvalue weighted by molar-refractivity contribution is 5.92. The van der Waals surface area contributed by atoms with Gasteiger partial charge >= 0.3 is 0 Å². The van der Waals surface area contributed by atoms with Crippen molar-refractivity contribution in [2.75, 3.05) is 13.2 Å². The monoisotopic (exact) mass is 299 g/mol. The number of aryl methyl sites for hydroxylation is 1. The molecule has 0 unspecified atom stereocenters. The number of hydrogen-bond donors (Lipinski definition) is 1. The molecule has 1 atom stereocenters. The van der Waals surface area contributed by atoms with Crippen molar-refractivity contribution in [3.8, 4) is 11.3 Å². The van der Waals surface area contributed by atoms with Crippen molar-refractivity contribution >= 4 is 5.91 Å². The van der Waals surface area contributed by atoms with Crippen LogP contribution >= 0.6 is 0 Å². The number of carbonyl (C=O) groups excluding carboxylic acids is 1. The highest BCUT2D eigenvalue weighted by Crippen LogP contribution is 2.25. The molecule has 2 heterocycles. The molecule has 1 N–H and O–H groups in total. The van der Waals surface area contributed by atoms with Gasteiger partial charge in [0.1, 0.15) is 5.76 Å². The smallest absolute Gasteiger partial charge is 0.289 e. The van der Waals surface area contributed by atoms with Crippen molar-refractivity contribution in [2.45, 2.75) is 32.2 Å². The van der Waals surface area contributed by atoms with Crippen molar-refractivity contribution in [3.05, 3.63) is 47.7 Å². The van der Waals surface area contributed by atoms with Crippen LogP contribution in [0.3, 0.4) is 0 Å². The van der Waals surface area contributed by atoms with Gasteiger partial charge in [0.25, 0.3) is 5.91 Å². The van der Waals surface area contributed by atoms with Crippen LogP contribution in [0.4, 0.5) is 0 Å². The number of likely N-dealkylation sites (tertiary alicyclic amines) is 1. The molecule has 1 amide bonds. The van der Waals surface area contributed by atoms with E-state index in [4.69, 9.17) is 4.42 Å². The summed E-state index contributed by atoms with van der Waals surface area (Å²) in [6, 6.07) is 11.6. The molecule has 1 saturated heterocycles. The minimum atomic E-state index is -0.132. The molecule has 0 bridgehead atoms. The third-order valence-corrected chi connectivity index (χ3v) is 4.31. The summed E-state index contributed by atoms with van der Waals surface area (Å²) in [7, 11) is 0. The highest BCUT2D eigenvalue weighted by atomic mass is 16.4. The summed E-state index contributed by atoms with van der Waals surface area (Å²) in [4.78, 5) is 14.2. The lowest BCUT2D eigenvalue weighted by Gasteiger charge is -2.21. The average molecular weight is 299 g/mol. The Morgan fingerprint density at radius 2 is 2.05 bits per heavy atom. The lowest BCUT2D eigenvalue weighted by atomic mass is 10.1. The first-order chi connectivity index (χ1) is 10.7. The minimum Gasteiger partial charge on any atom is -0.451 e. The van der Waals surface area contributed by atoms with E-state index < -0.39 is 0 Å². The lowest BCUT2D eigenvalue weighted by Crippen LogP contribution is -2.37. The van der Waals surface area contributed by atoms with Gasteiger partial charge in [-0.25, -0.2) is 0 Å². The van der Waals surface area contributed by atoms with Crippen molar-refractivity contribution in [1.82, 2.24) is 4.90 Å².